The monoisotopic (exact) mass is 288 g/mol. The fourth-order valence-corrected chi connectivity index (χ4v) is 1.58. The SMILES string of the molecule is CC.CC.CCC.Cc1ccccc1-c1ccccc1O. The van der Waals surface area contributed by atoms with Gasteiger partial charge in [-0.15, -0.1) is 0 Å². The van der Waals surface area contributed by atoms with Crippen LogP contribution in [0.1, 0.15) is 53.5 Å². The molecule has 0 heterocycles. The van der Waals surface area contributed by atoms with E-state index in [9.17, 15) is 5.11 Å². The lowest BCUT2D eigenvalue weighted by molar-refractivity contribution is 0.477. The normalized spacial score (nSPS) is 8.14. The number of rotatable bonds is 1. The molecule has 2 aromatic rings. The van der Waals surface area contributed by atoms with Gasteiger partial charge in [0.1, 0.15) is 5.75 Å². The van der Waals surface area contributed by atoms with E-state index >= 15 is 0 Å². The second kappa shape index (κ2) is 14.6. The van der Waals surface area contributed by atoms with Crippen molar-refractivity contribution in [3.8, 4) is 16.9 Å². The molecule has 1 heteroatoms. The number of hydrogen-bond donors (Lipinski definition) is 1. The van der Waals surface area contributed by atoms with Gasteiger partial charge in [-0.25, -0.2) is 0 Å². The van der Waals surface area contributed by atoms with Crippen LogP contribution in [0, 0.1) is 6.92 Å². The van der Waals surface area contributed by atoms with Crippen LogP contribution >= 0.6 is 0 Å². The van der Waals surface area contributed by atoms with Crippen LogP contribution in [-0.2, 0) is 0 Å². The lowest BCUT2D eigenvalue weighted by atomic mass is 10.0. The van der Waals surface area contributed by atoms with E-state index in [1.807, 2.05) is 77.1 Å². The average molecular weight is 288 g/mol. The number of aryl methyl sites for hydroxylation is 1. The van der Waals surface area contributed by atoms with Gasteiger partial charge in [-0.05, 0) is 24.1 Å². The van der Waals surface area contributed by atoms with Crippen molar-refractivity contribution in [3.63, 3.8) is 0 Å². The molecule has 0 bridgehead atoms. The molecule has 0 atom stereocenters. The van der Waals surface area contributed by atoms with Crippen LogP contribution in [0.15, 0.2) is 48.5 Å². The van der Waals surface area contributed by atoms with E-state index < -0.39 is 0 Å². The van der Waals surface area contributed by atoms with Crippen molar-refractivity contribution in [3.05, 3.63) is 54.1 Å². The lowest BCUT2D eigenvalue weighted by Gasteiger charge is -2.06. The van der Waals surface area contributed by atoms with Gasteiger partial charge < -0.3 is 5.11 Å². The van der Waals surface area contributed by atoms with E-state index in [0.29, 0.717) is 5.75 Å². The van der Waals surface area contributed by atoms with E-state index in [0.717, 1.165) is 11.1 Å². The molecule has 1 N–H and O–H groups in total. The fraction of sp³-hybridized carbons (Fsp3) is 0.400. The quantitative estimate of drug-likeness (QED) is 0.609. The zero-order valence-electron chi connectivity index (χ0n) is 14.8. The van der Waals surface area contributed by atoms with E-state index in [-0.39, 0.29) is 0 Å². The summed E-state index contributed by atoms with van der Waals surface area (Å²) >= 11 is 0. The Balaban J connectivity index is 0. The molecule has 0 saturated carbocycles. The van der Waals surface area contributed by atoms with Crippen LogP contribution in [-0.4, -0.2) is 5.11 Å². The highest BCUT2D eigenvalue weighted by Gasteiger charge is 2.04. The van der Waals surface area contributed by atoms with Crippen molar-refractivity contribution in [2.45, 2.75) is 54.9 Å². The van der Waals surface area contributed by atoms with Gasteiger partial charge in [0.25, 0.3) is 0 Å². The number of hydrogen-bond acceptors (Lipinski definition) is 1. The minimum absolute atomic E-state index is 0.335. The van der Waals surface area contributed by atoms with Gasteiger partial charge in [0.05, 0.1) is 0 Å². The fourth-order valence-electron chi connectivity index (χ4n) is 1.58. The second-order valence-electron chi connectivity index (χ2n) is 4.04. The average Bonchev–Trinajstić information content (AvgIpc) is 2.53. The van der Waals surface area contributed by atoms with Gasteiger partial charge in [0.2, 0.25) is 0 Å². The first kappa shape index (κ1) is 21.5. The molecule has 0 aliphatic carbocycles. The molecule has 21 heavy (non-hydrogen) atoms. The largest absolute Gasteiger partial charge is 0.507 e. The standard InChI is InChI=1S/C13H12O.C3H8.2C2H6/c1-10-6-2-3-7-11(10)12-8-4-5-9-13(12)14;1-3-2;2*1-2/h2-9,14H,1H3;3H2,1-2H3;2*1-2H3. The molecular weight excluding hydrogens is 256 g/mol. The van der Waals surface area contributed by atoms with E-state index in [4.69, 9.17) is 0 Å². The first-order valence-electron chi connectivity index (χ1n) is 8.04. The van der Waals surface area contributed by atoms with Crippen LogP contribution in [0.5, 0.6) is 5.75 Å². The van der Waals surface area contributed by atoms with Gasteiger partial charge >= 0.3 is 0 Å². The number of phenols is 1. The third-order valence-corrected chi connectivity index (χ3v) is 2.34. The maximum Gasteiger partial charge on any atom is 0.123 e. The summed E-state index contributed by atoms with van der Waals surface area (Å²) in [6.07, 6.45) is 1.25. The summed E-state index contributed by atoms with van der Waals surface area (Å²) in [6, 6.07) is 15.4. The van der Waals surface area contributed by atoms with Crippen LogP contribution in [0.25, 0.3) is 11.1 Å². The van der Waals surface area contributed by atoms with Gasteiger partial charge in [0.15, 0.2) is 0 Å². The summed E-state index contributed by atoms with van der Waals surface area (Å²) in [7, 11) is 0. The molecule has 0 unspecified atom stereocenters. The third kappa shape index (κ3) is 8.19. The van der Waals surface area contributed by atoms with E-state index in [2.05, 4.69) is 13.8 Å². The number of para-hydroxylation sites is 1. The molecule has 0 aliphatic heterocycles. The summed E-state index contributed by atoms with van der Waals surface area (Å²) in [5.74, 6) is 0.335. The number of aromatic hydroxyl groups is 1. The molecular formula is C20H32O. The topological polar surface area (TPSA) is 20.2 Å². The Morgan fingerprint density at radius 1 is 0.714 bits per heavy atom. The molecule has 2 rings (SSSR count). The minimum Gasteiger partial charge on any atom is -0.507 e. The Kier molecular flexibility index (Phi) is 15.0. The van der Waals surface area contributed by atoms with Crippen molar-refractivity contribution in [2.24, 2.45) is 0 Å². The van der Waals surface area contributed by atoms with Crippen LogP contribution in [0.3, 0.4) is 0 Å². The molecule has 118 valence electrons. The Morgan fingerprint density at radius 3 is 1.52 bits per heavy atom. The Bertz CT molecular complexity index is 417. The van der Waals surface area contributed by atoms with Crippen LogP contribution in [0.4, 0.5) is 0 Å². The van der Waals surface area contributed by atoms with Crippen molar-refractivity contribution >= 4 is 0 Å². The van der Waals surface area contributed by atoms with Gasteiger partial charge in [0, 0.05) is 5.56 Å². The minimum atomic E-state index is 0.335. The predicted octanol–water partition coefficient (Wildman–Crippen LogP) is 6.84. The maximum atomic E-state index is 9.69. The molecule has 1 nitrogen and oxygen atoms in total. The molecule has 0 aromatic heterocycles. The Morgan fingerprint density at radius 2 is 1.10 bits per heavy atom. The molecule has 2 aromatic carbocycles. The first-order valence-corrected chi connectivity index (χ1v) is 8.04. The maximum absolute atomic E-state index is 9.69. The third-order valence-electron chi connectivity index (χ3n) is 2.34. The molecule has 0 radical (unpaired) electrons. The summed E-state index contributed by atoms with van der Waals surface area (Å²) in [5, 5.41) is 9.69. The van der Waals surface area contributed by atoms with Gasteiger partial charge in [-0.2, -0.15) is 0 Å². The summed E-state index contributed by atoms with van der Waals surface area (Å²) in [6.45, 7) is 14.3. The number of benzene rings is 2. The van der Waals surface area contributed by atoms with E-state index in [1.165, 1.54) is 12.0 Å². The Hall–Kier alpha value is -1.76. The smallest absolute Gasteiger partial charge is 0.123 e. The predicted molar refractivity (Wildman–Crippen MR) is 96.9 cm³/mol. The van der Waals surface area contributed by atoms with Crippen LogP contribution in [0.2, 0.25) is 0 Å². The lowest BCUT2D eigenvalue weighted by Crippen LogP contribution is -1.82. The highest BCUT2D eigenvalue weighted by atomic mass is 16.3. The van der Waals surface area contributed by atoms with Gasteiger partial charge in [-0.3, -0.25) is 0 Å². The highest BCUT2D eigenvalue weighted by Crippen LogP contribution is 2.30. The van der Waals surface area contributed by atoms with Crippen LogP contribution < -0.4 is 0 Å². The summed E-state index contributed by atoms with van der Waals surface area (Å²) < 4.78 is 0. The van der Waals surface area contributed by atoms with E-state index in [1.54, 1.807) is 6.07 Å². The van der Waals surface area contributed by atoms with Crippen molar-refractivity contribution in [1.29, 1.82) is 0 Å². The second-order valence-corrected chi connectivity index (χ2v) is 4.04. The number of phenolic OH excluding ortho intramolecular Hbond substituents is 1. The highest BCUT2D eigenvalue weighted by molar-refractivity contribution is 5.72. The first-order chi connectivity index (χ1) is 10.2. The summed E-state index contributed by atoms with van der Waals surface area (Å²) in [4.78, 5) is 0. The zero-order chi connectivity index (χ0) is 16.7. The Labute approximate surface area is 131 Å². The molecule has 0 spiro atoms. The van der Waals surface area contributed by atoms with Gasteiger partial charge in [-0.1, -0.05) is 90.4 Å². The molecule has 0 fully saturated rings. The summed E-state index contributed by atoms with van der Waals surface area (Å²) in [5.41, 5.74) is 3.16. The van der Waals surface area contributed by atoms with Crippen molar-refractivity contribution in [2.75, 3.05) is 0 Å². The van der Waals surface area contributed by atoms with Crippen molar-refractivity contribution < 1.29 is 5.11 Å². The molecule has 0 amide bonds. The zero-order valence-corrected chi connectivity index (χ0v) is 14.8. The van der Waals surface area contributed by atoms with Crippen molar-refractivity contribution in [1.82, 2.24) is 0 Å². The molecule has 0 aliphatic rings. The molecule has 0 saturated heterocycles.